The van der Waals surface area contributed by atoms with Crippen LogP contribution >= 0.6 is 0 Å². The lowest BCUT2D eigenvalue weighted by Crippen LogP contribution is -2.52. The second-order valence-corrected chi connectivity index (χ2v) is 3.50. The van der Waals surface area contributed by atoms with Gasteiger partial charge in [-0.05, 0) is 6.42 Å². The van der Waals surface area contributed by atoms with Gasteiger partial charge in [0.2, 0.25) is 6.73 Å². The van der Waals surface area contributed by atoms with E-state index in [0.717, 1.165) is 6.42 Å². The SMILES string of the molecule is CC/C=C/CC(=O)OC[N+](CO)(CO)CO. The third kappa shape index (κ3) is 5.22. The first kappa shape index (κ1) is 15.0. The smallest absolute Gasteiger partial charge is 0.313 e. The van der Waals surface area contributed by atoms with E-state index in [9.17, 15) is 4.79 Å². The van der Waals surface area contributed by atoms with E-state index in [1.807, 2.05) is 13.0 Å². The molecule has 0 unspecified atom stereocenters. The van der Waals surface area contributed by atoms with Gasteiger partial charge < -0.3 is 20.1 Å². The van der Waals surface area contributed by atoms with Crippen LogP contribution in [0, 0.1) is 0 Å². The van der Waals surface area contributed by atoms with Crippen LogP contribution in [0.1, 0.15) is 19.8 Å². The minimum absolute atomic E-state index is 0.149. The number of hydrogen-bond donors (Lipinski definition) is 3. The van der Waals surface area contributed by atoms with Crippen molar-refractivity contribution in [1.29, 1.82) is 0 Å². The Balaban J connectivity index is 4.01. The highest BCUT2D eigenvalue weighted by Gasteiger charge is 2.26. The number of aliphatic hydroxyl groups is 3. The molecule has 0 spiro atoms. The molecule has 0 saturated carbocycles. The quantitative estimate of drug-likeness (QED) is 0.228. The topological polar surface area (TPSA) is 87.0 Å². The molecule has 0 aromatic carbocycles. The average Bonchev–Trinajstić information content (AvgIpc) is 2.32. The van der Waals surface area contributed by atoms with Gasteiger partial charge >= 0.3 is 5.97 Å². The highest BCUT2D eigenvalue weighted by molar-refractivity contribution is 5.70. The molecule has 0 rings (SSSR count). The van der Waals surface area contributed by atoms with Gasteiger partial charge in [-0.25, -0.2) is 4.48 Å². The summed E-state index contributed by atoms with van der Waals surface area (Å²) in [7, 11) is 0. The number of aliphatic hydroxyl groups excluding tert-OH is 3. The number of rotatable bonds is 8. The molecule has 0 saturated heterocycles. The first-order valence-electron chi connectivity index (χ1n) is 5.12. The Hall–Kier alpha value is -0.950. The molecule has 16 heavy (non-hydrogen) atoms. The summed E-state index contributed by atoms with van der Waals surface area (Å²) in [6.07, 6.45) is 4.52. The molecular weight excluding hydrogens is 214 g/mol. The number of hydrogen-bond acceptors (Lipinski definition) is 5. The second-order valence-electron chi connectivity index (χ2n) is 3.50. The van der Waals surface area contributed by atoms with Crippen LogP contribution in [0.3, 0.4) is 0 Å². The standard InChI is InChI=1S/C10H20NO5/c1-2-3-4-5-10(15)16-9-11(6-12,7-13)8-14/h3-4,12-14H,2,5-9H2,1H3/q+1/b4-3+. The molecule has 0 atom stereocenters. The summed E-state index contributed by atoms with van der Waals surface area (Å²) < 4.78 is 4.35. The normalized spacial score (nSPS) is 12.0. The van der Waals surface area contributed by atoms with Crippen LogP contribution in [0.25, 0.3) is 0 Å². The van der Waals surface area contributed by atoms with Crippen molar-refractivity contribution in [1.82, 2.24) is 0 Å². The van der Waals surface area contributed by atoms with Crippen molar-refractivity contribution < 1.29 is 29.3 Å². The van der Waals surface area contributed by atoms with Crippen molar-refractivity contribution in [2.24, 2.45) is 0 Å². The van der Waals surface area contributed by atoms with E-state index in [4.69, 9.17) is 20.1 Å². The zero-order chi connectivity index (χ0) is 12.4. The zero-order valence-electron chi connectivity index (χ0n) is 9.50. The number of ether oxygens (including phenoxy) is 1. The number of esters is 1. The molecule has 0 fully saturated rings. The van der Waals surface area contributed by atoms with Gasteiger partial charge in [-0.1, -0.05) is 19.1 Å². The molecule has 0 aliphatic carbocycles. The fraction of sp³-hybridized carbons (Fsp3) is 0.700. The summed E-state index contributed by atoms with van der Waals surface area (Å²) in [5.74, 6) is -0.456. The predicted molar refractivity (Wildman–Crippen MR) is 56.5 cm³/mol. The Morgan fingerprint density at radius 1 is 1.19 bits per heavy atom. The van der Waals surface area contributed by atoms with E-state index in [1.54, 1.807) is 6.08 Å². The van der Waals surface area contributed by atoms with Crippen molar-refractivity contribution in [3.63, 3.8) is 0 Å². The minimum atomic E-state index is -0.495. The maximum atomic E-state index is 11.2. The van der Waals surface area contributed by atoms with Crippen LogP contribution in [0.5, 0.6) is 0 Å². The van der Waals surface area contributed by atoms with Crippen LogP contribution in [-0.2, 0) is 9.53 Å². The van der Waals surface area contributed by atoms with Gasteiger partial charge in [-0.15, -0.1) is 0 Å². The van der Waals surface area contributed by atoms with Crippen molar-refractivity contribution in [2.75, 3.05) is 26.9 Å². The Morgan fingerprint density at radius 2 is 1.75 bits per heavy atom. The Morgan fingerprint density at radius 3 is 2.19 bits per heavy atom. The Kier molecular flexibility index (Phi) is 7.74. The maximum absolute atomic E-state index is 11.2. The summed E-state index contributed by atoms with van der Waals surface area (Å²) in [6.45, 7) is 0.219. The molecule has 0 aromatic rings. The summed E-state index contributed by atoms with van der Waals surface area (Å²) in [5.41, 5.74) is 0. The van der Waals surface area contributed by atoms with Crippen molar-refractivity contribution in [2.45, 2.75) is 19.8 Å². The van der Waals surface area contributed by atoms with Crippen molar-refractivity contribution in [3.05, 3.63) is 12.2 Å². The highest BCUT2D eigenvalue weighted by atomic mass is 16.6. The predicted octanol–water partition coefficient (Wildman–Crippen LogP) is -0.490. The number of quaternary nitrogens is 1. The fourth-order valence-corrected chi connectivity index (χ4v) is 0.871. The molecular formula is C10H20NO5+. The molecule has 0 aromatic heterocycles. The first-order chi connectivity index (χ1) is 7.64. The average molecular weight is 234 g/mol. The van der Waals surface area contributed by atoms with E-state index < -0.39 is 30.6 Å². The van der Waals surface area contributed by atoms with E-state index in [0.29, 0.717) is 0 Å². The molecule has 0 aliphatic rings. The van der Waals surface area contributed by atoms with Crippen molar-refractivity contribution in [3.8, 4) is 0 Å². The third-order valence-corrected chi connectivity index (χ3v) is 2.09. The molecule has 94 valence electrons. The lowest BCUT2D eigenvalue weighted by molar-refractivity contribution is -0.990. The summed E-state index contributed by atoms with van der Waals surface area (Å²) in [4.78, 5) is 11.2. The van der Waals surface area contributed by atoms with Gasteiger partial charge in [0.15, 0.2) is 20.2 Å². The Bertz CT molecular complexity index is 217. The third-order valence-electron chi connectivity index (χ3n) is 2.09. The van der Waals surface area contributed by atoms with E-state index >= 15 is 0 Å². The van der Waals surface area contributed by atoms with E-state index in [-0.39, 0.29) is 13.2 Å². The van der Waals surface area contributed by atoms with Crippen LogP contribution in [0.15, 0.2) is 12.2 Å². The molecule has 6 nitrogen and oxygen atoms in total. The van der Waals surface area contributed by atoms with Crippen LogP contribution in [0.4, 0.5) is 0 Å². The van der Waals surface area contributed by atoms with Crippen LogP contribution < -0.4 is 0 Å². The lowest BCUT2D eigenvalue weighted by Gasteiger charge is -2.30. The maximum Gasteiger partial charge on any atom is 0.313 e. The van der Waals surface area contributed by atoms with Crippen LogP contribution in [0.2, 0.25) is 0 Å². The van der Waals surface area contributed by atoms with Crippen LogP contribution in [-0.4, -0.2) is 52.7 Å². The molecule has 0 amide bonds. The summed E-state index contributed by atoms with van der Waals surface area (Å²) in [5, 5.41) is 26.9. The lowest BCUT2D eigenvalue weighted by atomic mass is 10.3. The van der Waals surface area contributed by atoms with E-state index in [2.05, 4.69) is 0 Å². The van der Waals surface area contributed by atoms with Gasteiger partial charge in [0.1, 0.15) is 0 Å². The minimum Gasteiger partial charge on any atom is -0.414 e. The largest absolute Gasteiger partial charge is 0.414 e. The number of nitrogens with zero attached hydrogens (tertiary/aromatic N) is 1. The molecule has 0 radical (unpaired) electrons. The number of allylic oxidation sites excluding steroid dienone is 1. The first-order valence-corrected chi connectivity index (χ1v) is 5.12. The summed E-state index contributed by atoms with van der Waals surface area (Å²) in [6, 6.07) is 0. The molecule has 0 bridgehead atoms. The Labute approximate surface area is 95.0 Å². The van der Waals surface area contributed by atoms with E-state index in [1.165, 1.54) is 0 Å². The van der Waals surface area contributed by atoms with Gasteiger partial charge in [-0.2, -0.15) is 0 Å². The highest BCUT2D eigenvalue weighted by Crippen LogP contribution is 2.03. The monoisotopic (exact) mass is 234 g/mol. The van der Waals surface area contributed by atoms with Gasteiger partial charge in [0, 0.05) is 0 Å². The van der Waals surface area contributed by atoms with Gasteiger partial charge in [0.05, 0.1) is 6.42 Å². The second kappa shape index (κ2) is 8.23. The molecule has 0 aliphatic heterocycles. The van der Waals surface area contributed by atoms with Gasteiger partial charge in [0.25, 0.3) is 0 Å². The molecule has 6 heteroatoms. The van der Waals surface area contributed by atoms with Crippen molar-refractivity contribution >= 4 is 5.97 Å². The summed E-state index contributed by atoms with van der Waals surface area (Å²) >= 11 is 0. The fourth-order valence-electron chi connectivity index (χ4n) is 0.871. The molecule has 3 N–H and O–H groups in total. The zero-order valence-corrected chi connectivity index (χ0v) is 9.50. The number of carbonyl (C=O) groups excluding carboxylic acids is 1. The van der Waals surface area contributed by atoms with Gasteiger partial charge in [-0.3, -0.25) is 4.79 Å². The number of carbonyl (C=O) groups is 1. The molecule has 0 heterocycles.